The highest BCUT2D eigenvalue weighted by atomic mass is 79.9. The molecule has 1 aromatic heterocycles. The first kappa shape index (κ1) is 16.1. The van der Waals surface area contributed by atoms with Crippen molar-refractivity contribution in [3.63, 3.8) is 0 Å². The summed E-state index contributed by atoms with van der Waals surface area (Å²) in [5, 5.41) is 5.31. The van der Waals surface area contributed by atoms with E-state index >= 15 is 0 Å². The van der Waals surface area contributed by atoms with Crippen molar-refractivity contribution >= 4 is 27.3 Å². The van der Waals surface area contributed by atoms with Gasteiger partial charge in [0.2, 0.25) is 0 Å². The normalized spacial score (nSPS) is 12.0. The van der Waals surface area contributed by atoms with E-state index in [0.717, 1.165) is 32.2 Å². The van der Waals surface area contributed by atoms with E-state index in [-0.39, 0.29) is 6.04 Å². The topological polar surface area (TPSA) is 39.7 Å². The van der Waals surface area contributed by atoms with Gasteiger partial charge in [-0.1, -0.05) is 0 Å². The first-order chi connectivity index (χ1) is 10.1. The molecule has 2 aromatic rings. The van der Waals surface area contributed by atoms with Crippen molar-refractivity contribution in [2.24, 2.45) is 0 Å². The molecule has 0 aliphatic rings. The number of hydrogen-bond donors (Lipinski definition) is 1. The van der Waals surface area contributed by atoms with Gasteiger partial charge in [-0.25, -0.2) is 0 Å². The fourth-order valence-electron chi connectivity index (χ4n) is 2.15. The van der Waals surface area contributed by atoms with E-state index in [1.165, 1.54) is 0 Å². The molecule has 0 radical (unpaired) electrons. The molecule has 1 heterocycles. The quantitative estimate of drug-likeness (QED) is 0.836. The Bertz CT molecular complexity index is 615. The van der Waals surface area contributed by atoms with E-state index in [2.05, 4.69) is 21.2 Å². The van der Waals surface area contributed by atoms with Gasteiger partial charge in [0.15, 0.2) is 0 Å². The third kappa shape index (κ3) is 3.33. The minimum absolute atomic E-state index is 0.0100. The van der Waals surface area contributed by atoms with Gasteiger partial charge in [0.1, 0.15) is 17.2 Å². The number of methoxy groups -OCH3 is 3. The largest absolute Gasteiger partial charge is 0.496 e. The second-order valence-corrected chi connectivity index (χ2v) is 6.14. The molecule has 1 aromatic carbocycles. The molecule has 0 amide bonds. The standard InChI is InChI=1S/C15H18BrNO3S/c1-17-15(14-5-9(18-2)8-21-14)10-6-13(20-4)11(16)7-12(10)19-3/h5-8,15,17H,1-4H3. The molecule has 2 rings (SSSR count). The fraction of sp³-hybridized carbons (Fsp3) is 0.333. The van der Waals surface area contributed by atoms with Crippen molar-refractivity contribution in [3.8, 4) is 17.2 Å². The Kier molecular flexibility index (Phi) is 5.50. The zero-order valence-corrected chi connectivity index (χ0v) is 14.8. The lowest BCUT2D eigenvalue weighted by Crippen LogP contribution is -2.17. The van der Waals surface area contributed by atoms with Crippen molar-refractivity contribution in [2.45, 2.75) is 6.04 Å². The summed E-state index contributed by atoms with van der Waals surface area (Å²) in [7, 11) is 6.91. The zero-order valence-electron chi connectivity index (χ0n) is 12.4. The molecule has 1 N–H and O–H groups in total. The monoisotopic (exact) mass is 371 g/mol. The lowest BCUT2D eigenvalue weighted by molar-refractivity contribution is 0.393. The lowest BCUT2D eigenvalue weighted by atomic mass is 10.0. The maximum absolute atomic E-state index is 5.51. The molecule has 1 unspecified atom stereocenters. The molecule has 6 heteroatoms. The van der Waals surface area contributed by atoms with Gasteiger partial charge < -0.3 is 19.5 Å². The van der Waals surface area contributed by atoms with Crippen LogP contribution in [-0.2, 0) is 0 Å². The summed E-state index contributed by atoms with van der Waals surface area (Å²) in [6.45, 7) is 0. The van der Waals surface area contributed by atoms with Crippen molar-refractivity contribution in [2.75, 3.05) is 28.4 Å². The van der Waals surface area contributed by atoms with Gasteiger partial charge in [-0.05, 0) is 41.2 Å². The molecule has 0 aliphatic carbocycles. The molecule has 114 valence electrons. The number of halogens is 1. The van der Waals surface area contributed by atoms with Crippen LogP contribution in [0, 0.1) is 0 Å². The van der Waals surface area contributed by atoms with Crippen LogP contribution in [0.3, 0.4) is 0 Å². The maximum atomic E-state index is 5.51. The number of hydrogen-bond acceptors (Lipinski definition) is 5. The van der Waals surface area contributed by atoms with Crippen molar-refractivity contribution in [3.05, 3.63) is 38.5 Å². The Balaban J connectivity index is 2.50. The van der Waals surface area contributed by atoms with Crippen LogP contribution in [0.25, 0.3) is 0 Å². The van der Waals surface area contributed by atoms with E-state index in [0.29, 0.717) is 0 Å². The summed E-state index contributed by atoms with van der Waals surface area (Å²) in [6, 6.07) is 5.94. The summed E-state index contributed by atoms with van der Waals surface area (Å²) in [6.07, 6.45) is 0. The van der Waals surface area contributed by atoms with E-state index in [1.807, 2.05) is 30.6 Å². The Labute approximate surface area is 137 Å². The maximum Gasteiger partial charge on any atom is 0.133 e. The smallest absolute Gasteiger partial charge is 0.133 e. The predicted molar refractivity (Wildman–Crippen MR) is 89.0 cm³/mol. The van der Waals surface area contributed by atoms with E-state index in [1.54, 1.807) is 32.7 Å². The van der Waals surface area contributed by atoms with Crippen LogP contribution < -0.4 is 19.5 Å². The molecular formula is C15H18BrNO3S. The lowest BCUT2D eigenvalue weighted by Gasteiger charge is -2.20. The van der Waals surface area contributed by atoms with Crippen LogP contribution in [0.2, 0.25) is 0 Å². The SMILES string of the molecule is CNC(c1cc(OC)cs1)c1cc(OC)c(Br)cc1OC. The molecule has 0 saturated heterocycles. The highest BCUT2D eigenvalue weighted by molar-refractivity contribution is 9.10. The van der Waals surface area contributed by atoms with Crippen molar-refractivity contribution < 1.29 is 14.2 Å². The van der Waals surface area contributed by atoms with Crippen LogP contribution in [0.15, 0.2) is 28.1 Å². The van der Waals surface area contributed by atoms with Crippen LogP contribution in [-0.4, -0.2) is 28.4 Å². The van der Waals surface area contributed by atoms with Gasteiger partial charge in [-0.2, -0.15) is 0 Å². The summed E-state index contributed by atoms with van der Waals surface area (Å²) in [5.41, 5.74) is 1.02. The number of benzene rings is 1. The Morgan fingerprint density at radius 2 is 1.76 bits per heavy atom. The molecule has 0 aliphatic heterocycles. The molecule has 1 atom stereocenters. The number of thiophene rings is 1. The highest BCUT2D eigenvalue weighted by Gasteiger charge is 2.21. The first-order valence-corrected chi connectivity index (χ1v) is 8.03. The van der Waals surface area contributed by atoms with Gasteiger partial charge in [0, 0.05) is 15.8 Å². The Hall–Kier alpha value is -1.24. The Morgan fingerprint density at radius 3 is 2.29 bits per heavy atom. The molecule has 21 heavy (non-hydrogen) atoms. The highest BCUT2D eigenvalue weighted by Crippen LogP contribution is 2.40. The first-order valence-electron chi connectivity index (χ1n) is 6.35. The van der Waals surface area contributed by atoms with Crippen LogP contribution in [0.4, 0.5) is 0 Å². The van der Waals surface area contributed by atoms with Crippen LogP contribution in [0.1, 0.15) is 16.5 Å². The van der Waals surface area contributed by atoms with Gasteiger partial charge in [0.05, 0.1) is 31.8 Å². The minimum Gasteiger partial charge on any atom is -0.496 e. The second kappa shape index (κ2) is 7.15. The van der Waals surface area contributed by atoms with Gasteiger partial charge in [-0.3, -0.25) is 0 Å². The molecule has 0 fully saturated rings. The second-order valence-electron chi connectivity index (χ2n) is 4.34. The average Bonchev–Trinajstić information content (AvgIpc) is 2.97. The van der Waals surface area contributed by atoms with E-state index in [4.69, 9.17) is 14.2 Å². The number of ether oxygens (including phenoxy) is 3. The van der Waals surface area contributed by atoms with Crippen molar-refractivity contribution in [1.29, 1.82) is 0 Å². The molecule has 0 bridgehead atoms. The number of rotatable bonds is 6. The van der Waals surface area contributed by atoms with Crippen molar-refractivity contribution in [1.82, 2.24) is 5.32 Å². The van der Waals surface area contributed by atoms with E-state index in [9.17, 15) is 0 Å². The van der Waals surface area contributed by atoms with Crippen LogP contribution >= 0.6 is 27.3 Å². The number of nitrogens with one attached hydrogen (secondary N) is 1. The van der Waals surface area contributed by atoms with Gasteiger partial charge in [-0.15, -0.1) is 11.3 Å². The zero-order chi connectivity index (χ0) is 15.4. The van der Waals surface area contributed by atoms with Gasteiger partial charge in [0.25, 0.3) is 0 Å². The summed E-state index contributed by atoms with van der Waals surface area (Å²) >= 11 is 5.12. The Morgan fingerprint density at radius 1 is 1.05 bits per heavy atom. The molecule has 0 spiro atoms. The molecule has 4 nitrogen and oxygen atoms in total. The summed E-state index contributed by atoms with van der Waals surface area (Å²) < 4.78 is 17.0. The third-order valence-electron chi connectivity index (χ3n) is 3.22. The van der Waals surface area contributed by atoms with Gasteiger partial charge >= 0.3 is 0 Å². The molecular weight excluding hydrogens is 354 g/mol. The molecule has 0 saturated carbocycles. The average molecular weight is 372 g/mol. The summed E-state index contributed by atoms with van der Waals surface area (Å²) in [4.78, 5) is 1.15. The summed E-state index contributed by atoms with van der Waals surface area (Å²) in [5.74, 6) is 2.43. The van der Waals surface area contributed by atoms with Crippen LogP contribution in [0.5, 0.6) is 17.2 Å². The third-order valence-corrected chi connectivity index (χ3v) is 4.82. The minimum atomic E-state index is 0.0100. The fourth-order valence-corrected chi connectivity index (χ4v) is 3.62. The predicted octanol–water partition coefficient (Wildman–Crippen LogP) is 3.85. The van der Waals surface area contributed by atoms with E-state index < -0.39 is 0 Å².